The summed E-state index contributed by atoms with van der Waals surface area (Å²) in [5.74, 6) is 0.140. The van der Waals surface area contributed by atoms with Crippen molar-refractivity contribution in [3.8, 4) is 0 Å². The number of benzene rings is 1. The molecule has 2 N–H and O–H groups in total. The fourth-order valence-electron chi connectivity index (χ4n) is 1.39. The van der Waals surface area contributed by atoms with E-state index >= 15 is 0 Å². The fraction of sp³-hybridized carbons (Fsp3) is 0.500. The van der Waals surface area contributed by atoms with Gasteiger partial charge in [-0.3, -0.25) is 4.72 Å². The van der Waals surface area contributed by atoms with E-state index in [-0.39, 0.29) is 5.75 Å². The Balaban J connectivity index is 2.37. The molecule has 0 saturated heterocycles. The van der Waals surface area contributed by atoms with Gasteiger partial charge in [0.1, 0.15) is 0 Å². The first-order chi connectivity index (χ1) is 7.99. The number of hydrogen-bond acceptors (Lipinski definition) is 3. The molecule has 0 heterocycles. The minimum atomic E-state index is -3.22. The van der Waals surface area contributed by atoms with E-state index in [2.05, 4.69) is 10.0 Å². The Bertz CT molecular complexity index is 415. The van der Waals surface area contributed by atoms with Gasteiger partial charge in [0.2, 0.25) is 10.0 Å². The number of rotatable bonds is 7. The van der Waals surface area contributed by atoms with Crippen molar-refractivity contribution in [3.63, 3.8) is 0 Å². The Morgan fingerprint density at radius 3 is 2.41 bits per heavy atom. The first-order valence-corrected chi connectivity index (χ1v) is 7.44. The lowest BCUT2D eigenvalue weighted by Gasteiger charge is -2.09. The largest absolute Gasteiger partial charge is 0.314 e. The van der Waals surface area contributed by atoms with Crippen molar-refractivity contribution < 1.29 is 8.42 Å². The predicted octanol–water partition coefficient (Wildman–Crippen LogP) is 1.82. The van der Waals surface area contributed by atoms with Crippen LogP contribution in [0.3, 0.4) is 0 Å². The van der Waals surface area contributed by atoms with Crippen molar-refractivity contribution in [2.75, 3.05) is 17.0 Å². The zero-order chi connectivity index (χ0) is 12.7. The highest BCUT2D eigenvalue weighted by molar-refractivity contribution is 7.92. The maximum Gasteiger partial charge on any atom is 0.232 e. The molecular weight excluding hydrogens is 236 g/mol. The molecule has 0 saturated carbocycles. The molecule has 1 aromatic carbocycles. The van der Waals surface area contributed by atoms with Crippen LogP contribution in [0.1, 0.15) is 20.3 Å². The molecule has 5 heteroatoms. The van der Waals surface area contributed by atoms with Crippen molar-refractivity contribution in [2.24, 2.45) is 0 Å². The Morgan fingerprint density at radius 1 is 1.18 bits per heavy atom. The molecule has 1 aromatic rings. The molecule has 0 aliphatic heterocycles. The summed E-state index contributed by atoms with van der Waals surface area (Å²) in [7, 11) is -3.22. The van der Waals surface area contributed by atoms with Gasteiger partial charge in [0.05, 0.1) is 5.75 Å². The second kappa shape index (κ2) is 6.61. The summed E-state index contributed by atoms with van der Waals surface area (Å²) in [5, 5.41) is 3.19. The van der Waals surface area contributed by atoms with Gasteiger partial charge in [-0.2, -0.15) is 0 Å². The number of sulfonamides is 1. The van der Waals surface area contributed by atoms with Crippen LogP contribution in [0.25, 0.3) is 0 Å². The predicted molar refractivity (Wildman–Crippen MR) is 71.6 cm³/mol. The van der Waals surface area contributed by atoms with Crippen molar-refractivity contribution in [1.29, 1.82) is 0 Å². The van der Waals surface area contributed by atoms with E-state index in [0.717, 1.165) is 0 Å². The third-order valence-corrected chi connectivity index (χ3v) is 3.56. The van der Waals surface area contributed by atoms with Gasteiger partial charge in [0, 0.05) is 11.7 Å². The topological polar surface area (TPSA) is 58.2 Å². The zero-order valence-electron chi connectivity index (χ0n) is 10.3. The van der Waals surface area contributed by atoms with Crippen molar-refractivity contribution >= 4 is 15.7 Å². The number of anilines is 1. The Labute approximate surface area is 103 Å². The third-order valence-electron chi connectivity index (χ3n) is 2.19. The van der Waals surface area contributed by atoms with Crippen LogP contribution in [0.4, 0.5) is 5.69 Å². The molecule has 0 fully saturated rings. The summed E-state index contributed by atoms with van der Waals surface area (Å²) in [6, 6.07) is 9.33. The van der Waals surface area contributed by atoms with Crippen LogP contribution in [0.2, 0.25) is 0 Å². The maximum absolute atomic E-state index is 11.7. The van der Waals surface area contributed by atoms with Crippen LogP contribution in [-0.4, -0.2) is 26.8 Å². The summed E-state index contributed by atoms with van der Waals surface area (Å²) in [6.07, 6.45) is 0.611. The van der Waals surface area contributed by atoms with Crippen LogP contribution >= 0.6 is 0 Å². The molecule has 4 nitrogen and oxygen atoms in total. The van der Waals surface area contributed by atoms with Crippen LogP contribution in [-0.2, 0) is 10.0 Å². The molecule has 17 heavy (non-hydrogen) atoms. The quantitative estimate of drug-likeness (QED) is 0.732. The lowest BCUT2D eigenvalue weighted by molar-refractivity contribution is 0.571. The molecular formula is C12H20N2O2S. The van der Waals surface area contributed by atoms with Gasteiger partial charge in [-0.1, -0.05) is 32.0 Å². The van der Waals surface area contributed by atoms with Crippen LogP contribution in [0.15, 0.2) is 30.3 Å². The monoisotopic (exact) mass is 256 g/mol. The molecule has 0 amide bonds. The molecule has 1 rings (SSSR count). The van der Waals surface area contributed by atoms with E-state index in [1.54, 1.807) is 24.3 Å². The summed E-state index contributed by atoms with van der Waals surface area (Å²) in [6.45, 7) is 4.79. The molecule has 0 atom stereocenters. The maximum atomic E-state index is 11.7. The van der Waals surface area contributed by atoms with Gasteiger partial charge in [-0.15, -0.1) is 0 Å². The minimum Gasteiger partial charge on any atom is -0.314 e. The van der Waals surface area contributed by atoms with Gasteiger partial charge in [0.15, 0.2) is 0 Å². The SMILES string of the molecule is CC(C)NCCCS(=O)(=O)Nc1ccccc1. The smallest absolute Gasteiger partial charge is 0.232 e. The van der Waals surface area contributed by atoms with E-state index < -0.39 is 10.0 Å². The second-order valence-corrected chi connectivity index (χ2v) is 6.09. The van der Waals surface area contributed by atoms with Crippen molar-refractivity contribution in [3.05, 3.63) is 30.3 Å². The van der Waals surface area contributed by atoms with Crippen LogP contribution in [0, 0.1) is 0 Å². The summed E-state index contributed by atoms with van der Waals surface area (Å²) >= 11 is 0. The summed E-state index contributed by atoms with van der Waals surface area (Å²) in [5.41, 5.74) is 0.615. The highest BCUT2D eigenvalue weighted by atomic mass is 32.2. The van der Waals surface area contributed by atoms with Gasteiger partial charge >= 0.3 is 0 Å². The number of nitrogens with one attached hydrogen (secondary N) is 2. The van der Waals surface area contributed by atoms with E-state index in [4.69, 9.17) is 0 Å². The number of para-hydroxylation sites is 1. The summed E-state index contributed by atoms with van der Waals surface area (Å²) in [4.78, 5) is 0. The van der Waals surface area contributed by atoms with Gasteiger partial charge in [-0.25, -0.2) is 8.42 Å². The molecule has 0 bridgehead atoms. The first kappa shape index (κ1) is 14.0. The van der Waals surface area contributed by atoms with E-state index in [1.165, 1.54) is 0 Å². The Hall–Kier alpha value is -1.07. The third kappa shape index (κ3) is 6.28. The van der Waals surface area contributed by atoms with Gasteiger partial charge in [0.25, 0.3) is 0 Å². The average Bonchev–Trinajstić information content (AvgIpc) is 2.25. The van der Waals surface area contributed by atoms with E-state index in [1.807, 2.05) is 19.9 Å². The van der Waals surface area contributed by atoms with Crippen molar-refractivity contribution in [1.82, 2.24) is 5.32 Å². The zero-order valence-corrected chi connectivity index (χ0v) is 11.1. The average molecular weight is 256 g/mol. The lowest BCUT2D eigenvalue weighted by atomic mass is 10.3. The van der Waals surface area contributed by atoms with E-state index in [0.29, 0.717) is 24.7 Å². The van der Waals surface area contributed by atoms with Gasteiger partial charge < -0.3 is 5.32 Å². The second-order valence-electron chi connectivity index (χ2n) is 4.25. The highest BCUT2D eigenvalue weighted by Gasteiger charge is 2.09. The van der Waals surface area contributed by atoms with Crippen LogP contribution < -0.4 is 10.0 Å². The molecule has 0 aliphatic rings. The molecule has 0 unspecified atom stereocenters. The van der Waals surface area contributed by atoms with Crippen molar-refractivity contribution in [2.45, 2.75) is 26.3 Å². The molecule has 0 spiro atoms. The molecule has 0 aromatic heterocycles. The lowest BCUT2D eigenvalue weighted by Crippen LogP contribution is -2.26. The fourth-order valence-corrected chi connectivity index (χ4v) is 2.51. The number of hydrogen-bond donors (Lipinski definition) is 2. The Morgan fingerprint density at radius 2 is 1.82 bits per heavy atom. The van der Waals surface area contributed by atoms with E-state index in [9.17, 15) is 8.42 Å². The molecule has 0 radical (unpaired) electrons. The molecule has 0 aliphatic carbocycles. The Kier molecular flexibility index (Phi) is 5.44. The van der Waals surface area contributed by atoms with Crippen LogP contribution in [0.5, 0.6) is 0 Å². The first-order valence-electron chi connectivity index (χ1n) is 5.78. The minimum absolute atomic E-state index is 0.140. The summed E-state index contributed by atoms with van der Waals surface area (Å²) < 4.78 is 26.0. The standard InChI is InChI=1S/C12H20N2O2S/c1-11(2)13-9-6-10-17(15,16)14-12-7-4-3-5-8-12/h3-5,7-8,11,13-14H,6,9-10H2,1-2H3. The van der Waals surface area contributed by atoms with Gasteiger partial charge in [-0.05, 0) is 25.1 Å². The normalized spacial score (nSPS) is 11.7. The molecule has 96 valence electrons. The highest BCUT2D eigenvalue weighted by Crippen LogP contribution is 2.08.